The number of benzene rings is 1. The summed E-state index contributed by atoms with van der Waals surface area (Å²) >= 11 is 14.9. The van der Waals surface area contributed by atoms with Crippen molar-refractivity contribution in [2.75, 3.05) is 0 Å². The first-order valence-electron chi connectivity index (χ1n) is 4.99. The maximum Gasteiger partial charge on any atom is 0.341 e. The summed E-state index contributed by atoms with van der Waals surface area (Å²) in [6.07, 6.45) is 1.43. The zero-order chi connectivity index (χ0) is 14.0. The van der Waals surface area contributed by atoms with E-state index in [2.05, 4.69) is 20.9 Å². The van der Waals surface area contributed by atoms with Crippen molar-refractivity contribution in [3.63, 3.8) is 0 Å². The SMILES string of the molecule is O=C(O)c1cc(Br)cnc1Oc1cc(Cl)ccc1Cl. The van der Waals surface area contributed by atoms with E-state index in [1.165, 1.54) is 18.3 Å². The third-order valence-electron chi connectivity index (χ3n) is 2.15. The molecular weight excluding hydrogens is 357 g/mol. The molecule has 0 aliphatic rings. The summed E-state index contributed by atoms with van der Waals surface area (Å²) in [6.45, 7) is 0. The molecule has 4 nitrogen and oxygen atoms in total. The lowest BCUT2D eigenvalue weighted by Gasteiger charge is -2.09. The van der Waals surface area contributed by atoms with Crippen LogP contribution in [-0.2, 0) is 0 Å². The minimum atomic E-state index is -1.15. The molecule has 0 aliphatic heterocycles. The van der Waals surface area contributed by atoms with E-state index in [9.17, 15) is 4.79 Å². The van der Waals surface area contributed by atoms with Gasteiger partial charge in [-0.15, -0.1) is 0 Å². The molecule has 1 heterocycles. The number of ether oxygens (including phenoxy) is 1. The minimum Gasteiger partial charge on any atom is -0.477 e. The third-order valence-corrected chi connectivity index (χ3v) is 3.13. The van der Waals surface area contributed by atoms with Gasteiger partial charge in [0.15, 0.2) is 0 Å². The van der Waals surface area contributed by atoms with Gasteiger partial charge in [-0.05, 0) is 34.1 Å². The molecule has 1 N–H and O–H groups in total. The first-order valence-corrected chi connectivity index (χ1v) is 6.54. The summed E-state index contributed by atoms with van der Waals surface area (Å²) < 4.78 is 5.94. The van der Waals surface area contributed by atoms with Crippen LogP contribution in [0.2, 0.25) is 10.0 Å². The summed E-state index contributed by atoms with van der Waals surface area (Å²) in [5.74, 6) is -0.965. The van der Waals surface area contributed by atoms with Crippen LogP contribution in [0.3, 0.4) is 0 Å². The van der Waals surface area contributed by atoms with E-state index in [1.807, 2.05) is 0 Å². The Morgan fingerprint density at radius 3 is 2.74 bits per heavy atom. The Labute approximate surface area is 127 Å². The highest BCUT2D eigenvalue weighted by atomic mass is 79.9. The summed E-state index contributed by atoms with van der Waals surface area (Å²) in [7, 11) is 0. The fraction of sp³-hybridized carbons (Fsp3) is 0. The molecule has 98 valence electrons. The summed E-state index contributed by atoms with van der Waals surface area (Å²) in [6, 6.07) is 6.03. The van der Waals surface area contributed by atoms with Crippen molar-refractivity contribution in [3.8, 4) is 11.6 Å². The second-order valence-corrected chi connectivity index (χ2v) is 5.25. The Bertz CT molecular complexity index is 649. The number of carboxylic acids is 1. The van der Waals surface area contributed by atoms with Crippen LogP contribution < -0.4 is 4.74 Å². The molecular formula is C12H6BrCl2NO3. The van der Waals surface area contributed by atoms with Crippen LogP contribution in [0.1, 0.15) is 10.4 Å². The van der Waals surface area contributed by atoms with Crippen LogP contribution in [0.25, 0.3) is 0 Å². The average molecular weight is 363 g/mol. The van der Waals surface area contributed by atoms with Gasteiger partial charge in [-0.25, -0.2) is 9.78 Å². The highest BCUT2D eigenvalue weighted by Gasteiger charge is 2.15. The van der Waals surface area contributed by atoms with E-state index in [0.717, 1.165) is 0 Å². The molecule has 7 heteroatoms. The van der Waals surface area contributed by atoms with Gasteiger partial charge in [0, 0.05) is 21.8 Å². The fourth-order valence-corrected chi connectivity index (χ4v) is 1.97. The molecule has 0 saturated carbocycles. The largest absolute Gasteiger partial charge is 0.477 e. The number of pyridine rings is 1. The highest BCUT2D eigenvalue weighted by molar-refractivity contribution is 9.10. The summed E-state index contributed by atoms with van der Waals surface area (Å²) in [4.78, 5) is 15.0. The molecule has 1 aromatic carbocycles. The Kier molecular flexibility index (Phi) is 4.29. The van der Waals surface area contributed by atoms with Gasteiger partial charge >= 0.3 is 5.97 Å². The maximum absolute atomic E-state index is 11.1. The molecule has 0 bridgehead atoms. The Morgan fingerprint density at radius 1 is 1.32 bits per heavy atom. The number of rotatable bonds is 3. The van der Waals surface area contributed by atoms with Crippen LogP contribution in [0.15, 0.2) is 34.9 Å². The van der Waals surface area contributed by atoms with Gasteiger partial charge in [0.25, 0.3) is 0 Å². The third kappa shape index (κ3) is 3.37. The number of halogens is 3. The second-order valence-electron chi connectivity index (χ2n) is 3.49. The number of aromatic nitrogens is 1. The average Bonchev–Trinajstić information content (AvgIpc) is 2.35. The molecule has 19 heavy (non-hydrogen) atoms. The van der Waals surface area contributed by atoms with Crippen molar-refractivity contribution in [1.29, 1.82) is 0 Å². The van der Waals surface area contributed by atoms with Crippen molar-refractivity contribution >= 4 is 45.1 Å². The highest BCUT2D eigenvalue weighted by Crippen LogP contribution is 2.33. The van der Waals surface area contributed by atoms with Crippen molar-refractivity contribution in [2.24, 2.45) is 0 Å². The number of carbonyl (C=O) groups is 1. The maximum atomic E-state index is 11.1. The van der Waals surface area contributed by atoms with Crippen molar-refractivity contribution < 1.29 is 14.6 Å². The lowest BCUT2D eigenvalue weighted by molar-refractivity contribution is 0.0693. The molecule has 0 amide bonds. The zero-order valence-corrected chi connectivity index (χ0v) is 12.3. The molecule has 0 radical (unpaired) electrons. The number of aromatic carboxylic acids is 1. The van der Waals surface area contributed by atoms with Crippen LogP contribution >= 0.6 is 39.1 Å². The predicted molar refractivity (Wildman–Crippen MR) is 75.4 cm³/mol. The van der Waals surface area contributed by atoms with Crippen LogP contribution in [0, 0.1) is 0 Å². The fourth-order valence-electron chi connectivity index (χ4n) is 1.32. The topological polar surface area (TPSA) is 59.4 Å². The van der Waals surface area contributed by atoms with Gasteiger partial charge in [-0.3, -0.25) is 0 Å². The lowest BCUT2D eigenvalue weighted by atomic mass is 10.3. The molecule has 0 atom stereocenters. The van der Waals surface area contributed by atoms with Crippen LogP contribution in [0.4, 0.5) is 0 Å². The first-order chi connectivity index (χ1) is 8.97. The van der Waals surface area contributed by atoms with Crippen molar-refractivity contribution in [2.45, 2.75) is 0 Å². The van der Waals surface area contributed by atoms with Gasteiger partial charge in [0.1, 0.15) is 11.3 Å². The van der Waals surface area contributed by atoms with Crippen LogP contribution in [0.5, 0.6) is 11.6 Å². The van der Waals surface area contributed by atoms with Gasteiger partial charge in [-0.1, -0.05) is 23.2 Å². The van der Waals surface area contributed by atoms with Crippen LogP contribution in [-0.4, -0.2) is 16.1 Å². The smallest absolute Gasteiger partial charge is 0.341 e. The summed E-state index contributed by atoms with van der Waals surface area (Å²) in [5.41, 5.74) is -0.0783. The van der Waals surface area contributed by atoms with E-state index in [-0.39, 0.29) is 17.2 Å². The normalized spacial score (nSPS) is 10.3. The molecule has 0 fully saturated rings. The Morgan fingerprint density at radius 2 is 2.05 bits per heavy atom. The van der Waals surface area contributed by atoms with Gasteiger partial charge < -0.3 is 9.84 Å². The van der Waals surface area contributed by atoms with Gasteiger partial charge in [0.05, 0.1) is 5.02 Å². The van der Waals surface area contributed by atoms with Gasteiger partial charge in [-0.2, -0.15) is 0 Å². The molecule has 2 rings (SSSR count). The predicted octanol–water partition coefficient (Wildman–Crippen LogP) is 4.64. The van der Waals surface area contributed by atoms with E-state index in [4.69, 9.17) is 33.0 Å². The van der Waals surface area contributed by atoms with Crippen molar-refractivity contribution in [1.82, 2.24) is 4.98 Å². The Balaban J connectivity index is 2.43. The number of nitrogens with zero attached hydrogens (tertiary/aromatic N) is 1. The standard InChI is InChI=1S/C12H6BrCl2NO3/c13-6-3-8(12(17)18)11(16-5-6)19-10-4-7(14)1-2-9(10)15/h1-5H,(H,17,18). The molecule has 2 aromatic rings. The first kappa shape index (κ1) is 14.1. The second kappa shape index (κ2) is 5.77. The number of carboxylic acid groups (broad SMARTS) is 1. The van der Waals surface area contributed by atoms with E-state index in [0.29, 0.717) is 14.5 Å². The van der Waals surface area contributed by atoms with E-state index >= 15 is 0 Å². The van der Waals surface area contributed by atoms with E-state index in [1.54, 1.807) is 12.1 Å². The Hall–Kier alpha value is -1.30. The molecule has 0 unspecified atom stereocenters. The number of hydrogen-bond donors (Lipinski definition) is 1. The molecule has 0 spiro atoms. The van der Waals surface area contributed by atoms with Gasteiger partial charge in [0.2, 0.25) is 5.88 Å². The quantitative estimate of drug-likeness (QED) is 0.863. The van der Waals surface area contributed by atoms with E-state index < -0.39 is 5.97 Å². The minimum absolute atomic E-state index is 0.0557. The summed E-state index contributed by atoms with van der Waals surface area (Å²) in [5, 5.41) is 9.83. The molecule has 0 saturated heterocycles. The molecule has 1 aromatic heterocycles. The van der Waals surface area contributed by atoms with Crippen molar-refractivity contribution in [3.05, 3.63) is 50.5 Å². The monoisotopic (exact) mass is 361 g/mol. The lowest BCUT2D eigenvalue weighted by Crippen LogP contribution is -2.02. The zero-order valence-electron chi connectivity index (χ0n) is 9.23. The number of hydrogen-bond acceptors (Lipinski definition) is 3. The molecule has 0 aliphatic carbocycles.